The average molecular weight is 199 g/mol. The first kappa shape index (κ1) is 11.5. The summed E-state index contributed by atoms with van der Waals surface area (Å²) in [5.74, 6) is 0.762. The molecule has 0 aromatic rings. The van der Waals surface area contributed by atoms with Gasteiger partial charge in [0, 0.05) is 18.6 Å². The molecule has 0 atom stereocenters. The van der Waals surface area contributed by atoms with Gasteiger partial charge in [0.1, 0.15) is 0 Å². The Morgan fingerprint density at radius 2 is 2.00 bits per heavy atom. The SMILES string of the molecule is CC(C)C1CN(C(C)(C)CC(=O)O)C1. The predicted octanol–water partition coefficient (Wildman–Crippen LogP) is 1.83. The van der Waals surface area contributed by atoms with E-state index in [1.165, 1.54) is 0 Å². The number of rotatable bonds is 4. The summed E-state index contributed by atoms with van der Waals surface area (Å²) in [5.41, 5.74) is -0.183. The lowest BCUT2D eigenvalue weighted by atomic mass is 9.83. The monoisotopic (exact) mass is 199 g/mol. The molecule has 1 saturated heterocycles. The van der Waals surface area contributed by atoms with Gasteiger partial charge in [-0.3, -0.25) is 9.69 Å². The average Bonchev–Trinajstić information content (AvgIpc) is 1.75. The van der Waals surface area contributed by atoms with Gasteiger partial charge in [-0.15, -0.1) is 0 Å². The van der Waals surface area contributed by atoms with E-state index in [1.807, 2.05) is 13.8 Å². The molecule has 1 rings (SSSR count). The molecule has 1 N–H and O–H groups in total. The van der Waals surface area contributed by atoms with Crippen LogP contribution in [0.4, 0.5) is 0 Å². The van der Waals surface area contributed by atoms with E-state index in [1.54, 1.807) is 0 Å². The van der Waals surface area contributed by atoms with Crippen molar-refractivity contribution in [1.82, 2.24) is 4.90 Å². The van der Waals surface area contributed by atoms with Crippen molar-refractivity contribution in [3.05, 3.63) is 0 Å². The fraction of sp³-hybridized carbons (Fsp3) is 0.909. The van der Waals surface area contributed by atoms with E-state index in [0.717, 1.165) is 19.0 Å². The summed E-state index contributed by atoms with van der Waals surface area (Å²) in [6.07, 6.45) is 0.234. The van der Waals surface area contributed by atoms with Crippen LogP contribution >= 0.6 is 0 Å². The number of aliphatic carboxylic acids is 1. The van der Waals surface area contributed by atoms with E-state index in [-0.39, 0.29) is 12.0 Å². The second kappa shape index (κ2) is 3.89. The van der Waals surface area contributed by atoms with E-state index < -0.39 is 5.97 Å². The molecule has 0 radical (unpaired) electrons. The van der Waals surface area contributed by atoms with E-state index in [2.05, 4.69) is 18.7 Å². The lowest BCUT2D eigenvalue weighted by Gasteiger charge is -2.50. The van der Waals surface area contributed by atoms with Gasteiger partial charge in [0.25, 0.3) is 0 Å². The zero-order chi connectivity index (χ0) is 10.9. The third-order valence-corrected chi connectivity index (χ3v) is 3.29. The largest absolute Gasteiger partial charge is 0.481 e. The second-order valence-electron chi connectivity index (χ2n) is 5.29. The van der Waals surface area contributed by atoms with Gasteiger partial charge in [-0.05, 0) is 25.7 Å². The minimum Gasteiger partial charge on any atom is -0.481 e. The summed E-state index contributed by atoms with van der Waals surface area (Å²) in [6.45, 7) is 10.6. The maximum Gasteiger partial charge on any atom is 0.305 e. The van der Waals surface area contributed by atoms with Gasteiger partial charge in [0.15, 0.2) is 0 Å². The van der Waals surface area contributed by atoms with Crippen LogP contribution in [-0.4, -0.2) is 34.6 Å². The minimum absolute atomic E-state index is 0.183. The van der Waals surface area contributed by atoms with Crippen LogP contribution in [0.2, 0.25) is 0 Å². The first-order valence-corrected chi connectivity index (χ1v) is 5.30. The second-order valence-corrected chi connectivity index (χ2v) is 5.29. The molecule has 0 amide bonds. The molecule has 1 aliphatic rings. The van der Waals surface area contributed by atoms with Crippen molar-refractivity contribution in [3.8, 4) is 0 Å². The van der Waals surface area contributed by atoms with E-state index in [4.69, 9.17) is 5.11 Å². The Kier molecular flexibility index (Phi) is 3.20. The molecule has 0 aliphatic carbocycles. The Balaban J connectivity index is 2.41. The molecule has 1 aliphatic heterocycles. The quantitative estimate of drug-likeness (QED) is 0.751. The van der Waals surface area contributed by atoms with Gasteiger partial charge in [0.2, 0.25) is 0 Å². The number of hydrogen-bond donors (Lipinski definition) is 1. The smallest absolute Gasteiger partial charge is 0.305 e. The molecule has 3 heteroatoms. The molecular weight excluding hydrogens is 178 g/mol. The van der Waals surface area contributed by atoms with Gasteiger partial charge >= 0.3 is 5.97 Å². The van der Waals surface area contributed by atoms with E-state index in [0.29, 0.717) is 5.92 Å². The summed E-state index contributed by atoms with van der Waals surface area (Å²) in [5, 5.41) is 8.77. The molecule has 1 fully saturated rings. The highest BCUT2D eigenvalue weighted by Crippen LogP contribution is 2.31. The van der Waals surface area contributed by atoms with Gasteiger partial charge in [-0.1, -0.05) is 13.8 Å². The molecular formula is C11H21NO2. The third kappa shape index (κ3) is 2.47. The third-order valence-electron chi connectivity index (χ3n) is 3.29. The maximum atomic E-state index is 10.6. The number of carbonyl (C=O) groups is 1. The Hall–Kier alpha value is -0.570. The Labute approximate surface area is 86.1 Å². The van der Waals surface area contributed by atoms with Gasteiger partial charge in [-0.25, -0.2) is 0 Å². The van der Waals surface area contributed by atoms with Crippen molar-refractivity contribution in [1.29, 1.82) is 0 Å². The van der Waals surface area contributed by atoms with Crippen LogP contribution in [0, 0.1) is 11.8 Å². The highest BCUT2D eigenvalue weighted by atomic mass is 16.4. The number of nitrogens with zero attached hydrogens (tertiary/aromatic N) is 1. The Bertz CT molecular complexity index is 217. The van der Waals surface area contributed by atoms with Crippen LogP contribution in [0.15, 0.2) is 0 Å². The zero-order valence-corrected chi connectivity index (χ0v) is 9.58. The summed E-state index contributed by atoms with van der Waals surface area (Å²) < 4.78 is 0. The highest BCUT2D eigenvalue weighted by Gasteiger charge is 2.39. The number of likely N-dealkylation sites (tertiary alicyclic amines) is 1. The van der Waals surface area contributed by atoms with Crippen LogP contribution < -0.4 is 0 Å². The minimum atomic E-state index is -0.706. The van der Waals surface area contributed by atoms with Crippen molar-refractivity contribution in [3.63, 3.8) is 0 Å². The number of carboxylic acids is 1. The number of carboxylic acid groups (broad SMARTS) is 1. The molecule has 14 heavy (non-hydrogen) atoms. The van der Waals surface area contributed by atoms with Crippen LogP contribution in [-0.2, 0) is 4.79 Å². The van der Waals surface area contributed by atoms with Gasteiger partial charge in [0.05, 0.1) is 6.42 Å². The van der Waals surface area contributed by atoms with Crippen molar-refractivity contribution >= 4 is 5.97 Å². The van der Waals surface area contributed by atoms with Crippen LogP contribution in [0.5, 0.6) is 0 Å². The van der Waals surface area contributed by atoms with Gasteiger partial charge in [-0.2, -0.15) is 0 Å². The molecule has 0 unspecified atom stereocenters. The van der Waals surface area contributed by atoms with Crippen LogP contribution in [0.25, 0.3) is 0 Å². The summed E-state index contributed by atoms with van der Waals surface area (Å²) in [4.78, 5) is 12.9. The Morgan fingerprint density at radius 1 is 1.50 bits per heavy atom. The van der Waals surface area contributed by atoms with Crippen molar-refractivity contribution in [2.24, 2.45) is 11.8 Å². The first-order chi connectivity index (χ1) is 6.33. The molecule has 0 aromatic heterocycles. The maximum absolute atomic E-state index is 10.6. The molecule has 0 bridgehead atoms. The molecule has 3 nitrogen and oxygen atoms in total. The Morgan fingerprint density at radius 3 is 2.36 bits per heavy atom. The predicted molar refractivity (Wildman–Crippen MR) is 56.2 cm³/mol. The van der Waals surface area contributed by atoms with Gasteiger partial charge < -0.3 is 5.11 Å². The standard InChI is InChI=1S/C11H21NO2/c1-8(2)9-6-12(7-9)11(3,4)5-10(13)14/h8-9H,5-7H2,1-4H3,(H,13,14). The van der Waals surface area contributed by atoms with Crippen LogP contribution in [0.3, 0.4) is 0 Å². The lowest BCUT2D eigenvalue weighted by Crippen LogP contribution is -2.59. The summed E-state index contributed by atoms with van der Waals surface area (Å²) in [6, 6.07) is 0. The zero-order valence-electron chi connectivity index (χ0n) is 9.58. The fourth-order valence-corrected chi connectivity index (χ4v) is 1.91. The number of hydrogen-bond acceptors (Lipinski definition) is 2. The molecule has 1 heterocycles. The fourth-order valence-electron chi connectivity index (χ4n) is 1.91. The molecule has 0 aromatic carbocycles. The van der Waals surface area contributed by atoms with Crippen molar-refractivity contribution in [2.75, 3.05) is 13.1 Å². The highest BCUT2D eigenvalue weighted by molar-refractivity contribution is 5.68. The normalized spacial score (nSPS) is 19.8. The summed E-state index contributed by atoms with van der Waals surface area (Å²) >= 11 is 0. The lowest BCUT2D eigenvalue weighted by molar-refractivity contribution is -0.141. The first-order valence-electron chi connectivity index (χ1n) is 5.30. The van der Waals surface area contributed by atoms with Crippen LogP contribution in [0.1, 0.15) is 34.1 Å². The van der Waals surface area contributed by atoms with E-state index >= 15 is 0 Å². The molecule has 82 valence electrons. The van der Waals surface area contributed by atoms with E-state index in [9.17, 15) is 4.79 Å². The summed E-state index contributed by atoms with van der Waals surface area (Å²) in [7, 11) is 0. The van der Waals surface area contributed by atoms with Crippen molar-refractivity contribution < 1.29 is 9.90 Å². The van der Waals surface area contributed by atoms with Crippen molar-refractivity contribution in [2.45, 2.75) is 39.7 Å². The topological polar surface area (TPSA) is 40.5 Å². The molecule has 0 spiro atoms. The molecule has 0 saturated carbocycles.